The lowest BCUT2D eigenvalue weighted by atomic mass is 9.86. The third kappa shape index (κ3) is 7.96. The van der Waals surface area contributed by atoms with Crippen molar-refractivity contribution in [2.24, 2.45) is 5.92 Å². The third-order valence-corrected chi connectivity index (χ3v) is 8.96. The number of methoxy groups -OCH3 is 1. The van der Waals surface area contributed by atoms with Crippen molar-refractivity contribution in [3.8, 4) is 11.6 Å². The number of benzene rings is 2. The van der Waals surface area contributed by atoms with Crippen LogP contribution in [0.1, 0.15) is 62.3 Å². The summed E-state index contributed by atoms with van der Waals surface area (Å²) < 4.78 is 40.6. The largest absolute Gasteiger partial charge is 0.497 e. The number of alkyl halides is 2. The molecule has 3 N–H and O–H groups in total. The number of para-hydroxylation sites is 2. The second-order valence-corrected chi connectivity index (χ2v) is 12.2. The Kier molecular flexibility index (Phi) is 10.4. The lowest BCUT2D eigenvalue weighted by molar-refractivity contribution is 0.122. The number of ether oxygens (including phenoxy) is 2. The number of rotatable bonds is 11. The molecule has 11 nitrogen and oxygen atoms in total. The molecule has 2 aromatic carbocycles. The first-order chi connectivity index (χ1) is 22.9. The second kappa shape index (κ2) is 15.0. The molecule has 1 saturated heterocycles. The molecule has 1 aliphatic carbocycles. The van der Waals surface area contributed by atoms with Gasteiger partial charge in [0.15, 0.2) is 5.82 Å². The predicted octanol–water partition coefficient (Wildman–Crippen LogP) is 5.31. The van der Waals surface area contributed by atoms with Gasteiger partial charge in [0.05, 0.1) is 37.4 Å². The van der Waals surface area contributed by atoms with Crippen LogP contribution in [0.25, 0.3) is 16.9 Å². The molecule has 2 aliphatic rings. The van der Waals surface area contributed by atoms with Crippen LogP contribution in [0, 0.1) is 5.92 Å². The van der Waals surface area contributed by atoms with E-state index in [9.17, 15) is 13.6 Å². The minimum atomic E-state index is -2.77. The van der Waals surface area contributed by atoms with Crippen molar-refractivity contribution in [2.45, 2.75) is 57.7 Å². The quantitative estimate of drug-likeness (QED) is 0.200. The van der Waals surface area contributed by atoms with Crippen LogP contribution in [0.15, 0.2) is 54.6 Å². The van der Waals surface area contributed by atoms with Crippen LogP contribution >= 0.6 is 0 Å². The number of carbonyl (C=O) groups excluding carboxylic acids is 1. The molecule has 4 aromatic rings. The van der Waals surface area contributed by atoms with Crippen molar-refractivity contribution >= 4 is 22.9 Å². The Balaban J connectivity index is 1.08. The molecule has 1 aliphatic heterocycles. The molecule has 1 saturated carbocycles. The van der Waals surface area contributed by atoms with Crippen LogP contribution in [-0.2, 0) is 11.3 Å². The van der Waals surface area contributed by atoms with Gasteiger partial charge in [-0.15, -0.1) is 0 Å². The summed E-state index contributed by atoms with van der Waals surface area (Å²) in [6.45, 7) is 5.66. The van der Waals surface area contributed by atoms with Gasteiger partial charge in [-0.25, -0.2) is 28.5 Å². The van der Waals surface area contributed by atoms with E-state index in [1.807, 2.05) is 37.3 Å². The van der Waals surface area contributed by atoms with E-state index in [0.29, 0.717) is 67.3 Å². The minimum Gasteiger partial charge on any atom is -0.497 e. The maximum Gasteiger partial charge on any atom is 0.315 e. The first-order valence-corrected chi connectivity index (χ1v) is 16.3. The molecule has 2 fully saturated rings. The topological polar surface area (TPSA) is 118 Å². The number of amides is 2. The Morgan fingerprint density at radius 1 is 1.00 bits per heavy atom. The molecule has 0 bridgehead atoms. The molecule has 1 atom stereocenters. The third-order valence-electron chi connectivity index (χ3n) is 8.96. The van der Waals surface area contributed by atoms with E-state index in [4.69, 9.17) is 19.4 Å². The van der Waals surface area contributed by atoms with E-state index in [0.717, 1.165) is 43.5 Å². The van der Waals surface area contributed by atoms with Crippen molar-refractivity contribution in [3.63, 3.8) is 0 Å². The number of halogens is 2. The summed E-state index contributed by atoms with van der Waals surface area (Å²) in [5, 5.41) is 9.65. The van der Waals surface area contributed by atoms with Crippen molar-refractivity contribution in [1.82, 2.24) is 35.5 Å². The Bertz CT molecular complexity index is 1640. The molecule has 0 spiro atoms. The zero-order valence-electron chi connectivity index (χ0n) is 26.8. The molecular weight excluding hydrogens is 606 g/mol. The monoisotopic (exact) mass is 648 g/mol. The highest BCUT2D eigenvalue weighted by molar-refractivity contribution is 5.78. The summed E-state index contributed by atoms with van der Waals surface area (Å²) in [4.78, 5) is 28.6. The van der Waals surface area contributed by atoms with E-state index in [2.05, 4.69) is 25.8 Å². The average molecular weight is 649 g/mol. The van der Waals surface area contributed by atoms with Gasteiger partial charge in [0.25, 0.3) is 6.43 Å². The molecule has 2 aromatic heterocycles. The van der Waals surface area contributed by atoms with Crippen molar-refractivity contribution < 1.29 is 23.0 Å². The highest BCUT2D eigenvalue weighted by atomic mass is 19.3. The van der Waals surface area contributed by atoms with E-state index in [1.54, 1.807) is 31.4 Å². The fourth-order valence-electron chi connectivity index (χ4n) is 6.24. The number of nitrogens with zero attached hydrogens (tertiary/aromatic N) is 5. The van der Waals surface area contributed by atoms with Gasteiger partial charge >= 0.3 is 6.03 Å². The summed E-state index contributed by atoms with van der Waals surface area (Å²) in [7, 11) is 1.63. The zero-order chi connectivity index (χ0) is 32.8. The van der Waals surface area contributed by atoms with Gasteiger partial charge in [0.2, 0.25) is 0 Å². The number of anilines is 1. The van der Waals surface area contributed by atoms with Gasteiger partial charge in [-0.3, -0.25) is 4.57 Å². The molecule has 2 amide bonds. The number of carbonyl (C=O) groups is 1. The SMILES string of the molecule is COc1ccc(CNC(=O)NC2CCC(CN[C@H](C)c3nc(N4CCOCC4)cc(-n4c(C(F)F)nc5ccccc54)n3)CC2)cc1. The lowest BCUT2D eigenvalue weighted by Gasteiger charge is -2.30. The fourth-order valence-corrected chi connectivity index (χ4v) is 6.24. The van der Waals surface area contributed by atoms with Gasteiger partial charge in [-0.1, -0.05) is 24.3 Å². The van der Waals surface area contributed by atoms with E-state index < -0.39 is 6.43 Å². The summed E-state index contributed by atoms with van der Waals surface area (Å²) in [5.74, 6) is 2.45. The Labute approximate surface area is 273 Å². The van der Waals surface area contributed by atoms with Gasteiger partial charge in [-0.2, -0.15) is 0 Å². The Morgan fingerprint density at radius 3 is 2.45 bits per heavy atom. The van der Waals surface area contributed by atoms with Crippen LogP contribution in [0.4, 0.5) is 19.4 Å². The van der Waals surface area contributed by atoms with Crippen molar-refractivity contribution in [3.05, 3.63) is 71.8 Å². The van der Waals surface area contributed by atoms with Gasteiger partial charge < -0.3 is 30.3 Å². The summed E-state index contributed by atoms with van der Waals surface area (Å²) in [6, 6.07) is 16.2. The standard InChI is InChI=1S/C34H42F2N8O3/c1-22(37-20-23-7-11-25(12-8-23)39-34(45)38-21-24-9-13-26(46-2)14-10-24)32-41-29(43-15-17-47-18-16-43)19-30(42-32)44-28-6-4-3-5-27(28)40-33(44)31(35)36/h3-6,9-10,13-14,19,22-23,25,31,37H,7-8,11-12,15-18,20-21H2,1-2H3,(H2,38,39,45)/t22-,23?,25?/m1/s1. The summed E-state index contributed by atoms with van der Waals surface area (Å²) >= 11 is 0. The van der Waals surface area contributed by atoms with E-state index >= 15 is 0 Å². The highest BCUT2D eigenvalue weighted by Gasteiger charge is 2.26. The van der Waals surface area contributed by atoms with Gasteiger partial charge in [-0.05, 0) is 74.9 Å². The minimum absolute atomic E-state index is 0.129. The van der Waals surface area contributed by atoms with E-state index in [-0.39, 0.29) is 23.9 Å². The molecule has 13 heteroatoms. The van der Waals surface area contributed by atoms with Gasteiger partial charge in [0, 0.05) is 31.7 Å². The number of urea groups is 1. The van der Waals surface area contributed by atoms with Crippen LogP contribution in [-0.4, -0.2) is 71.5 Å². The first-order valence-electron chi connectivity index (χ1n) is 16.3. The van der Waals surface area contributed by atoms with Crippen molar-refractivity contribution in [1.29, 1.82) is 0 Å². The number of nitrogens with one attached hydrogen (secondary N) is 3. The Hall–Kier alpha value is -4.36. The summed E-state index contributed by atoms with van der Waals surface area (Å²) in [5.41, 5.74) is 2.06. The van der Waals surface area contributed by atoms with Crippen molar-refractivity contribution in [2.75, 3.05) is 44.9 Å². The van der Waals surface area contributed by atoms with Gasteiger partial charge in [0.1, 0.15) is 23.2 Å². The number of imidazole rings is 1. The molecule has 0 radical (unpaired) electrons. The molecule has 6 rings (SSSR count). The fraction of sp³-hybridized carbons (Fsp3) is 0.471. The molecule has 250 valence electrons. The lowest BCUT2D eigenvalue weighted by Crippen LogP contribution is -2.44. The van der Waals surface area contributed by atoms with Crippen LogP contribution < -0.4 is 25.6 Å². The number of fused-ring (bicyclic) bond motifs is 1. The molecule has 3 heterocycles. The normalized spacial score (nSPS) is 19.1. The average Bonchev–Trinajstić information content (AvgIpc) is 3.51. The van der Waals surface area contributed by atoms with Crippen LogP contribution in [0.2, 0.25) is 0 Å². The van der Waals surface area contributed by atoms with E-state index in [1.165, 1.54) is 4.57 Å². The van der Waals surface area contributed by atoms with Crippen LogP contribution in [0.5, 0.6) is 5.75 Å². The maximum atomic E-state index is 14.2. The number of hydrogen-bond donors (Lipinski definition) is 3. The molecule has 0 unspecified atom stereocenters. The predicted molar refractivity (Wildman–Crippen MR) is 175 cm³/mol. The number of hydrogen-bond acceptors (Lipinski definition) is 8. The summed E-state index contributed by atoms with van der Waals surface area (Å²) in [6.07, 6.45) is 0.971. The Morgan fingerprint density at radius 2 is 1.72 bits per heavy atom. The zero-order valence-corrected chi connectivity index (χ0v) is 26.8. The van der Waals surface area contributed by atoms with Crippen LogP contribution in [0.3, 0.4) is 0 Å². The number of aromatic nitrogens is 4. The molecular formula is C34H42F2N8O3. The smallest absolute Gasteiger partial charge is 0.315 e. The molecule has 47 heavy (non-hydrogen) atoms. The second-order valence-electron chi connectivity index (χ2n) is 12.2. The first kappa shape index (κ1) is 32.6. The number of morpholine rings is 1. The highest BCUT2D eigenvalue weighted by Crippen LogP contribution is 2.30. The maximum absolute atomic E-state index is 14.2.